The van der Waals surface area contributed by atoms with Gasteiger partial charge in [-0.1, -0.05) is 23.7 Å². The Labute approximate surface area is 126 Å². The zero-order chi connectivity index (χ0) is 14.5. The molecule has 1 heterocycles. The Morgan fingerprint density at radius 2 is 2.20 bits per heavy atom. The molecule has 1 aromatic heterocycles. The van der Waals surface area contributed by atoms with Crippen molar-refractivity contribution in [1.29, 1.82) is 0 Å². The van der Waals surface area contributed by atoms with E-state index in [1.165, 1.54) is 11.3 Å². The lowest BCUT2D eigenvalue weighted by molar-refractivity contribution is 0.102. The lowest BCUT2D eigenvalue weighted by atomic mass is 10.2. The molecule has 1 amide bonds. The van der Waals surface area contributed by atoms with E-state index in [1.54, 1.807) is 24.3 Å². The number of nitrogens with zero attached hydrogens (tertiary/aromatic N) is 1. The molecule has 0 aliphatic carbocycles. The molecule has 0 radical (unpaired) electrons. The number of halogens is 1. The molecular weight excluding hydrogens is 296 g/mol. The van der Waals surface area contributed by atoms with Gasteiger partial charge in [0.15, 0.2) is 5.13 Å². The van der Waals surface area contributed by atoms with E-state index in [0.717, 1.165) is 17.0 Å². The van der Waals surface area contributed by atoms with E-state index in [4.69, 9.17) is 16.7 Å². The molecule has 0 atom stereocenters. The molecule has 0 spiro atoms. The average molecular weight is 311 g/mol. The van der Waals surface area contributed by atoms with Crippen LogP contribution in [-0.4, -0.2) is 22.6 Å². The van der Waals surface area contributed by atoms with E-state index in [0.29, 0.717) is 22.1 Å². The molecule has 0 saturated carbocycles. The van der Waals surface area contributed by atoms with Crippen molar-refractivity contribution in [1.82, 2.24) is 4.98 Å². The van der Waals surface area contributed by atoms with E-state index in [-0.39, 0.29) is 12.5 Å². The van der Waals surface area contributed by atoms with Gasteiger partial charge in [0.2, 0.25) is 0 Å². The molecule has 1 aromatic carbocycles. The highest BCUT2D eigenvalue weighted by Gasteiger charge is 2.13. The Kier molecular flexibility index (Phi) is 5.11. The Bertz CT molecular complexity index is 613. The number of carbonyl (C=O) groups excluding carboxylic acids is 1. The molecule has 4 nitrogen and oxygen atoms in total. The molecule has 6 heteroatoms. The summed E-state index contributed by atoms with van der Waals surface area (Å²) in [5.41, 5.74) is 1.32. The van der Waals surface area contributed by atoms with Gasteiger partial charge >= 0.3 is 0 Å². The largest absolute Gasteiger partial charge is 0.396 e. The maximum Gasteiger partial charge on any atom is 0.258 e. The van der Waals surface area contributed by atoms with Crippen LogP contribution in [0.3, 0.4) is 0 Å². The van der Waals surface area contributed by atoms with Crippen LogP contribution in [0.25, 0.3) is 0 Å². The first-order valence-electron chi connectivity index (χ1n) is 6.25. The third kappa shape index (κ3) is 3.56. The molecule has 2 rings (SSSR count). The molecule has 0 fully saturated rings. The molecule has 0 unspecified atom stereocenters. The van der Waals surface area contributed by atoms with Gasteiger partial charge in [0.1, 0.15) is 0 Å². The third-order valence-corrected chi connectivity index (χ3v) is 4.26. The number of aryl methyl sites for hydroxylation is 2. The van der Waals surface area contributed by atoms with Crippen molar-refractivity contribution in [2.45, 2.75) is 19.8 Å². The van der Waals surface area contributed by atoms with Crippen molar-refractivity contribution in [2.24, 2.45) is 0 Å². The van der Waals surface area contributed by atoms with Crippen LogP contribution < -0.4 is 5.32 Å². The van der Waals surface area contributed by atoms with E-state index in [9.17, 15) is 4.79 Å². The number of nitrogens with one attached hydrogen (secondary N) is 1. The van der Waals surface area contributed by atoms with Crippen molar-refractivity contribution < 1.29 is 9.90 Å². The number of anilines is 1. The Morgan fingerprint density at radius 3 is 2.90 bits per heavy atom. The van der Waals surface area contributed by atoms with Gasteiger partial charge in [-0.15, -0.1) is 11.3 Å². The van der Waals surface area contributed by atoms with Crippen LogP contribution >= 0.6 is 22.9 Å². The molecule has 0 aliphatic rings. The van der Waals surface area contributed by atoms with Crippen LogP contribution in [0.1, 0.15) is 27.3 Å². The maximum atomic E-state index is 12.1. The summed E-state index contributed by atoms with van der Waals surface area (Å²) in [4.78, 5) is 17.5. The number of rotatable bonds is 5. The van der Waals surface area contributed by atoms with Crippen molar-refractivity contribution in [3.05, 3.63) is 45.4 Å². The van der Waals surface area contributed by atoms with Crippen LogP contribution in [0.15, 0.2) is 24.3 Å². The van der Waals surface area contributed by atoms with Gasteiger partial charge in [0, 0.05) is 11.5 Å². The fourth-order valence-corrected chi connectivity index (χ4v) is 2.98. The summed E-state index contributed by atoms with van der Waals surface area (Å²) in [6.45, 7) is 2.05. The molecule has 0 bridgehead atoms. The summed E-state index contributed by atoms with van der Waals surface area (Å²) < 4.78 is 0. The van der Waals surface area contributed by atoms with Gasteiger partial charge < -0.3 is 5.11 Å². The zero-order valence-corrected chi connectivity index (χ0v) is 12.6. The topological polar surface area (TPSA) is 62.2 Å². The first kappa shape index (κ1) is 15.0. The van der Waals surface area contributed by atoms with Gasteiger partial charge in [-0.25, -0.2) is 4.98 Å². The number of thiazole rings is 1. The first-order chi connectivity index (χ1) is 9.61. The van der Waals surface area contributed by atoms with E-state index in [2.05, 4.69) is 10.3 Å². The van der Waals surface area contributed by atoms with Gasteiger partial charge in [-0.3, -0.25) is 10.1 Å². The van der Waals surface area contributed by atoms with Crippen molar-refractivity contribution in [3.8, 4) is 0 Å². The Hall–Kier alpha value is -1.43. The number of aromatic nitrogens is 1. The summed E-state index contributed by atoms with van der Waals surface area (Å²) in [5.74, 6) is -0.266. The summed E-state index contributed by atoms with van der Waals surface area (Å²) in [7, 11) is 0. The number of aliphatic hydroxyl groups excluding tert-OH is 1. The number of hydrogen-bond acceptors (Lipinski definition) is 4. The van der Waals surface area contributed by atoms with Gasteiger partial charge in [0.05, 0.1) is 16.3 Å². The molecule has 0 saturated heterocycles. The fraction of sp³-hybridized carbons (Fsp3) is 0.286. The van der Waals surface area contributed by atoms with Crippen molar-refractivity contribution in [2.75, 3.05) is 11.9 Å². The highest BCUT2D eigenvalue weighted by atomic mass is 35.5. The minimum atomic E-state index is -0.266. The standard InChI is InChI=1S/C14H15ClN2O2S/c1-9-12(7-4-8-18)20-14(16-9)17-13(19)10-5-2-3-6-11(10)15/h2-3,5-6,18H,4,7-8H2,1H3,(H,16,17,19). The Morgan fingerprint density at radius 1 is 1.45 bits per heavy atom. The lowest BCUT2D eigenvalue weighted by Crippen LogP contribution is -2.12. The minimum Gasteiger partial charge on any atom is -0.396 e. The number of aliphatic hydroxyl groups is 1. The molecular formula is C14H15ClN2O2S. The maximum absolute atomic E-state index is 12.1. The summed E-state index contributed by atoms with van der Waals surface area (Å²) in [5, 5.41) is 12.6. The second-order valence-electron chi connectivity index (χ2n) is 4.29. The normalized spacial score (nSPS) is 10.6. The predicted octanol–water partition coefficient (Wildman–Crippen LogP) is 3.28. The zero-order valence-electron chi connectivity index (χ0n) is 11.0. The van der Waals surface area contributed by atoms with Crippen LogP contribution in [-0.2, 0) is 6.42 Å². The fourth-order valence-electron chi connectivity index (χ4n) is 1.76. The molecule has 0 aliphatic heterocycles. The van der Waals surface area contributed by atoms with Gasteiger partial charge in [0.25, 0.3) is 5.91 Å². The van der Waals surface area contributed by atoms with Crippen molar-refractivity contribution in [3.63, 3.8) is 0 Å². The summed E-state index contributed by atoms with van der Waals surface area (Å²) >= 11 is 7.42. The predicted molar refractivity (Wildman–Crippen MR) is 81.7 cm³/mol. The second kappa shape index (κ2) is 6.83. The third-order valence-electron chi connectivity index (χ3n) is 2.79. The van der Waals surface area contributed by atoms with Crippen LogP contribution in [0.4, 0.5) is 5.13 Å². The van der Waals surface area contributed by atoms with E-state index in [1.807, 2.05) is 6.92 Å². The molecule has 20 heavy (non-hydrogen) atoms. The minimum absolute atomic E-state index is 0.151. The van der Waals surface area contributed by atoms with Crippen molar-refractivity contribution >= 4 is 34.0 Å². The monoisotopic (exact) mass is 310 g/mol. The number of hydrogen-bond donors (Lipinski definition) is 2. The highest BCUT2D eigenvalue weighted by Crippen LogP contribution is 2.25. The SMILES string of the molecule is Cc1nc(NC(=O)c2ccccc2Cl)sc1CCCO. The smallest absolute Gasteiger partial charge is 0.258 e. The van der Waals surface area contributed by atoms with E-state index >= 15 is 0 Å². The second-order valence-corrected chi connectivity index (χ2v) is 5.78. The Balaban J connectivity index is 2.10. The first-order valence-corrected chi connectivity index (χ1v) is 7.44. The average Bonchev–Trinajstić information content (AvgIpc) is 2.76. The highest BCUT2D eigenvalue weighted by molar-refractivity contribution is 7.15. The van der Waals surface area contributed by atoms with Crippen LogP contribution in [0, 0.1) is 6.92 Å². The molecule has 106 valence electrons. The van der Waals surface area contributed by atoms with Gasteiger partial charge in [-0.2, -0.15) is 0 Å². The lowest BCUT2D eigenvalue weighted by Gasteiger charge is -2.03. The number of carbonyl (C=O) groups is 1. The summed E-state index contributed by atoms with van der Waals surface area (Å²) in [6, 6.07) is 6.89. The van der Waals surface area contributed by atoms with E-state index < -0.39 is 0 Å². The number of amides is 1. The number of benzene rings is 1. The van der Waals surface area contributed by atoms with Gasteiger partial charge in [-0.05, 0) is 31.9 Å². The molecule has 2 N–H and O–H groups in total. The summed E-state index contributed by atoms with van der Waals surface area (Å²) in [6.07, 6.45) is 1.46. The molecule has 2 aromatic rings. The van der Waals surface area contributed by atoms with Crippen LogP contribution in [0.2, 0.25) is 5.02 Å². The van der Waals surface area contributed by atoms with Crippen LogP contribution in [0.5, 0.6) is 0 Å². The quantitative estimate of drug-likeness (QED) is 0.891.